The number of hydrogen-bond acceptors (Lipinski definition) is 3. The summed E-state index contributed by atoms with van der Waals surface area (Å²) in [6, 6.07) is 15.6. The van der Waals surface area contributed by atoms with Gasteiger partial charge in [0.05, 0.1) is 5.69 Å². The van der Waals surface area contributed by atoms with Crippen molar-refractivity contribution in [1.29, 1.82) is 0 Å². The molecule has 0 fully saturated rings. The minimum absolute atomic E-state index is 0.302. The molecule has 2 aromatic carbocycles. The number of hydrogen-bond donors (Lipinski definition) is 1. The third-order valence-electron chi connectivity index (χ3n) is 3.59. The molecule has 0 aliphatic rings. The van der Waals surface area contributed by atoms with Crippen LogP contribution < -0.4 is 5.32 Å². The molecule has 118 valence electrons. The number of nitrogens with one attached hydrogen (secondary N) is 1. The first kappa shape index (κ1) is 14.6. The summed E-state index contributed by atoms with van der Waals surface area (Å²) in [4.78, 5) is 17.8. The van der Waals surface area contributed by atoms with Crippen molar-refractivity contribution >= 4 is 27.9 Å². The lowest BCUT2D eigenvalue weighted by Gasteiger charge is -2.04. The summed E-state index contributed by atoms with van der Waals surface area (Å²) in [6.45, 7) is 0. The molecule has 0 saturated heterocycles. The van der Waals surface area contributed by atoms with Crippen LogP contribution in [0.5, 0.6) is 0 Å². The van der Waals surface area contributed by atoms with Gasteiger partial charge in [0.15, 0.2) is 4.96 Å². The van der Waals surface area contributed by atoms with Crippen molar-refractivity contribution < 1.29 is 9.18 Å². The van der Waals surface area contributed by atoms with Gasteiger partial charge in [-0.1, -0.05) is 36.4 Å². The number of aromatic nitrogens is 2. The molecule has 0 unspecified atom stereocenters. The van der Waals surface area contributed by atoms with E-state index in [1.165, 1.54) is 23.5 Å². The minimum Gasteiger partial charge on any atom is -0.321 e. The minimum atomic E-state index is -0.391. The monoisotopic (exact) mass is 337 g/mol. The molecule has 0 aliphatic heterocycles. The second kappa shape index (κ2) is 5.90. The quantitative estimate of drug-likeness (QED) is 0.600. The van der Waals surface area contributed by atoms with E-state index in [9.17, 15) is 9.18 Å². The molecule has 0 radical (unpaired) electrons. The van der Waals surface area contributed by atoms with Crippen molar-refractivity contribution in [3.63, 3.8) is 0 Å². The Hall–Kier alpha value is -2.99. The zero-order chi connectivity index (χ0) is 16.5. The maximum absolute atomic E-state index is 13.2. The zero-order valence-electron chi connectivity index (χ0n) is 12.4. The predicted molar refractivity (Wildman–Crippen MR) is 92.9 cm³/mol. The Labute approximate surface area is 141 Å². The number of amides is 1. The normalized spacial score (nSPS) is 10.9. The summed E-state index contributed by atoms with van der Waals surface area (Å²) < 4.78 is 15.0. The number of rotatable bonds is 3. The van der Waals surface area contributed by atoms with Gasteiger partial charge in [-0.3, -0.25) is 9.20 Å². The number of imidazole rings is 1. The predicted octanol–water partition coefficient (Wildman–Crippen LogP) is 4.45. The van der Waals surface area contributed by atoms with E-state index in [-0.39, 0.29) is 5.91 Å². The molecule has 4 rings (SSSR count). The van der Waals surface area contributed by atoms with E-state index >= 15 is 0 Å². The van der Waals surface area contributed by atoms with E-state index in [2.05, 4.69) is 10.3 Å². The Morgan fingerprint density at radius 2 is 1.96 bits per heavy atom. The molecular weight excluding hydrogens is 325 g/mol. The van der Waals surface area contributed by atoms with Crippen LogP contribution in [0.2, 0.25) is 0 Å². The summed E-state index contributed by atoms with van der Waals surface area (Å²) in [5, 5.41) is 4.45. The topological polar surface area (TPSA) is 46.4 Å². The molecular formula is C18H12FN3OS. The summed E-state index contributed by atoms with van der Waals surface area (Å²) in [5.74, 6) is -0.693. The number of nitrogens with zero attached hydrogens (tertiary/aromatic N) is 2. The Balaban J connectivity index is 1.67. The summed E-state index contributed by atoms with van der Waals surface area (Å²) >= 11 is 1.39. The Bertz CT molecular complexity index is 1020. The van der Waals surface area contributed by atoms with Crippen molar-refractivity contribution in [2.45, 2.75) is 0 Å². The van der Waals surface area contributed by atoms with Crippen molar-refractivity contribution in [2.75, 3.05) is 5.32 Å². The molecule has 2 aromatic heterocycles. The molecule has 0 spiro atoms. The molecule has 4 aromatic rings. The van der Waals surface area contributed by atoms with Gasteiger partial charge in [-0.2, -0.15) is 0 Å². The van der Waals surface area contributed by atoms with Crippen LogP contribution in [-0.4, -0.2) is 15.3 Å². The van der Waals surface area contributed by atoms with E-state index in [1.807, 2.05) is 36.5 Å². The van der Waals surface area contributed by atoms with Gasteiger partial charge in [-0.05, 0) is 18.2 Å². The molecule has 1 amide bonds. The van der Waals surface area contributed by atoms with Crippen LogP contribution in [-0.2, 0) is 0 Å². The molecule has 1 N–H and O–H groups in total. The number of benzene rings is 2. The number of fused-ring (bicyclic) bond motifs is 1. The van der Waals surface area contributed by atoms with Crippen LogP contribution in [0.4, 0.5) is 10.1 Å². The van der Waals surface area contributed by atoms with Crippen LogP contribution in [0.25, 0.3) is 16.2 Å². The molecule has 0 atom stereocenters. The van der Waals surface area contributed by atoms with E-state index in [0.717, 1.165) is 16.2 Å². The van der Waals surface area contributed by atoms with Crippen LogP contribution in [0.15, 0.2) is 66.2 Å². The van der Waals surface area contributed by atoms with Gasteiger partial charge in [0, 0.05) is 22.8 Å². The number of halogens is 1. The van der Waals surface area contributed by atoms with Crippen LogP contribution in [0.3, 0.4) is 0 Å². The van der Waals surface area contributed by atoms with E-state index in [4.69, 9.17) is 0 Å². The lowest BCUT2D eigenvalue weighted by Crippen LogP contribution is -2.13. The molecule has 0 saturated carbocycles. The number of carbonyl (C=O) groups is 1. The van der Waals surface area contributed by atoms with Gasteiger partial charge in [0.2, 0.25) is 0 Å². The molecule has 0 aliphatic carbocycles. The van der Waals surface area contributed by atoms with Gasteiger partial charge >= 0.3 is 0 Å². The second-order valence-electron chi connectivity index (χ2n) is 5.23. The highest BCUT2D eigenvalue weighted by Crippen LogP contribution is 2.24. The van der Waals surface area contributed by atoms with E-state index in [0.29, 0.717) is 11.4 Å². The summed E-state index contributed by atoms with van der Waals surface area (Å²) in [7, 11) is 0. The van der Waals surface area contributed by atoms with Crippen molar-refractivity contribution in [3.8, 4) is 11.3 Å². The fourth-order valence-corrected chi connectivity index (χ4v) is 3.31. The maximum Gasteiger partial charge on any atom is 0.273 e. The first-order valence-electron chi connectivity index (χ1n) is 7.29. The molecule has 24 heavy (non-hydrogen) atoms. The largest absolute Gasteiger partial charge is 0.321 e. The number of anilines is 1. The first-order chi connectivity index (χ1) is 11.7. The lowest BCUT2D eigenvalue weighted by atomic mass is 10.2. The zero-order valence-corrected chi connectivity index (χ0v) is 13.3. The van der Waals surface area contributed by atoms with Crippen molar-refractivity contribution in [3.05, 3.63) is 77.7 Å². The first-order valence-corrected chi connectivity index (χ1v) is 8.17. The molecule has 2 heterocycles. The third-order valence-corrected chi connectivity index (χ3v) is 4.43. The summed E-state index contributed by atoms with van der Waals surface area (Å²) in [6.07, 6.45) is 1.83. The van der Waals surface area contributed by atoms with Gasteiger partial charge in [0.25, 0.3) is 5.91 Å². The molecule has 4 nitrogen and oxygen atoms in total. The standard InChI is InChI=1S/C18H12FN3OS/c19-13-7-4-8-14(9-13)20-17(23)16-11-24-18-21-15(10-22(16)18)12-5-2-1-3-6-12/h1-11H,(H,20,23). The molecule has 6 heteroatoms. The fraction of sp³-hybridized carbons (Fsp3) is 0. The highest BCUT2D eigenvalue weighted by atomic mass is 32.1. The fourth-order valence-electron chi connectivity index (χ4n) is 2.46. The van der Waals surface area contributed by atoms with Crippen LogP contribution in [0, 0.1) is 5.82 Å². The maximum atomic E-state index is 13.2. The Kier molecular flexibility index (Phi) is 3.59. The Morgan fingerprint density at radius 3 is 2.75 bits per heavy atom. The molecule has 0 bridgehead atoms. The van der Waals surface area contributed by atoms with Gasteiger partial charge in [-0.15, -0.1) is 11.3 Å². The van der Waals surface area contributed by atoms with Gasteiger partial charge in [-0.25, -0.2) is 9.37 Å². The van der Waals surface area contributed by atoms with Crippen molar-refractivity contribution in [1.82, 2.24) is 9.38 Å². The summed E-state index contributed by atoms with van der Waals surface area (Å²) in [5.41, 5.74) is 2.68. The SMILES string of the molecule is O=C(Nc1cccc(F)c1)c1csc2nc(-c3ccccc3)cn12. The third kappa shape index (κ3) is 2.68. The highest BCUT2D eigenvalue weighted by molar-refractivity contribution is 7.15. The lowest BCUT2D eigenvalue weighted by molar-refractivity contribution is 0.102. The smallest absolute Gasteiger partial charge is 0.273 e. The van der Waals surface area contributed by atoms with Gasteiger partial charge in [0.1, 0.15) is 11.5 Å². The van der Waals surface area contributed by atoms with Gasteiger partial charge < -0.3 is 5.32 Å². The number of carbonyl (C=O) groups excluding carboxylic acids is 1. The second-order valence-corrected chi connectivity index (χ2v) is 6.07. The van der Waals surface area contributed by atoms with Crippen LogP contribution in [0.1, 0.15) is 10.5 Å². The van der Waals surface area contributed by atoms with Crippen LogP contribution >= 0.6 is 11.3 Å². The van der Waals surface area contributed by atoms with Crippen molar-refractivity contribution in [2.24, 2.45) is 0 Å². The van der Waals surface area contributed by atoms with E-state index < -0.39 is 5.82 Å². The Morgan fingerprint density at radius 1 is 1.12 bits per heavy atom. The average Bonchev–Trinajstić information content (AvgIpc) is 3.16. The number of thiazole rings is 1. The highest BCUT2D eigenvalue weighted by Gasteiger charge is 2.15. The average molecular weight is 337 g/mol. The van der Waals surface area contributed by atoms with E-state index in [1.54, 1.807) is 21.9 Å².